The molecule has 0 radical (unpaired) electrons. The smallest absolute Gasteiger partial charge is 0.257 e. The van der Waals surface area contributed by atoms with Crippen LogP contribution in [0.15, 0.2) is 29.2 Å². The molecule has 1 aromatic carbocycles. The van der Waals surface area contributed by atoms with Crippen molar-refractivity contribution in [2.45, 2.75) is 25.7 Å². The van der Waals surface area contributed by atoms with E-state index in [4.69, 9.17) is 5.73 Å². The number of hydrogen-bond acceptors (Lipinski definition) is 5. The molecule has 0 fully saturated rings. The number of carbonyl (C=O) groups is 2. The minimum Gasteiger partial charge on any atom is -0.365 e. The third kappa shape index (κ3) is 3.34. The first-order valence-electron chi connectivity index (χ1n) is 7.22. The number of aryl methyl sites for hydroxylation is 1. The number of rotatable bonds is 5. The highest BCUT2D eigenvalue weighted by Gasteiger charge is 2.23. The molecule has 0 bridgehead atoms. The first-order chi connectivity index (χ1) is 11.2. The third-order valence-electron chi connectivity index (χ3n) is 3.71. The number of nitrogens with two attached hydrogens (primary N) is 1. The zero-order chi connectivity index (χ0) is 18.1. The molecule has 0 spiro atoms. The molecule has 0 saturated carbocycles. The number of primary amides is 1. The van der Waals surface area contributed by atoms with Crippen LogP contribution < -0.4 is 11.1 Å². The topological polar surface area (TPSA) is 106 Å². The van der Waals surface area contributed by atoms with Crippen molar-refractivity contribution in [3.05, 3.63) is 45.8 Å². The Bertz CT molecular complexity index is 914. The molecular weight excluding hydrogens is 348 g/mol. The van der Waals surface area contributed by atoms with Crippen molar-refractivity contribution in [3.63, 3.8) is 0 Å². The van der Waals surface area contributed by atoms with Gasteiger partial charge in [0.1, 0.15) is 5.00 Å². The van der Waals surface area contributed by atoms with Gasteiger partial charge in [-0.05, 0) is 31.5 Å². The van der Waals surface area contributed by atoms with E-state index in [0.717, 1.165) is 4.88 Å². The molecule has 0 atom stereocenters. The summed E-state index contributed by atoms with van der Waals surface area (Å²) in [4.78, 5) is 25.0. The van der Waals surface area contributed by atoms with E-state index in [0.29, 0.717) is 10.6 Å². The molecule has 1 heterocycles. The Morgan fingerprint density at radius 2 is 1.83 bits per heavy atom. The number of nitrogens with one attached hydrogen (secondary N) is 1. The molecular formula is C16H18N2O4S2. The van der Waals surface area contributed by atoms with Gasteiger partial charge in [-0.2, -0.15) is 0 Å². The van der Waals surface area contributed by atoms with Crippen LogP contribution in [0.2, 0.25) is 0 Å². The Labute approximate surface area is 144 Å². The SMILES string of the molecule is CCS(=O)(=O)c1ccccc1C(=O)Nc1sc(C)c(C)c1C(N)=O. The summed E-state index contributed by atoms with van der Waals surface area (Å²) >= 11 is 1.23. The lowest BCUT2D eigenvalue weighted by molar-refractivity contribution is 0.100. The second-order valence-electron chi connectivity index (χ2n) is 5.21. The van der Waals surface area contributed by atoms with Crippen molar-refractivity contribution in [2.24, 2.45) is 5.73 Å². The van der Waals surface area contributed by atoms with E-state index in [2.05, 4.69) is 5.32 Å². The van der Waals surface area contributed by atoms with Crippen LogP contribution in [0.5, 0.6) is 0 Å². The van der Waals surface area contributed by atoms with Crippen molar-refractivity contribution in [3.8, 4) is 0 Å². The van der Waals surface area contributed by atoms with Gasteiger partial charge >= 0.3 is 0 Å². The van der Waals surface area contributed by atoms with Gasteiger partial charge in [0.25, 0.3) is 11.8 Å². The zero-order valence-electron chi connectivity index (χ0n) is 13.5. The molecule has 0 aliphatic carbocycles. The van der Waals surface area contributed by atoms with E-state index in [1.54, 1.807) is 19.1 Å². The number of hydrogen-bond donors (Lipinski definition) is 2. The first kappa shape index (κ1) is 18.2. The predicted octanol–water partition coefficient (Wildman–Crippen LogP) is 2.51. The predicted molar refractivity (Wildman–Crippen MR) is 94.4 cm³/mol. The third-order valence-corrected chi connectivity index (χ3v) is 6.61. The fraction of sp³-hybridized carbons (Fsp3) is 0.250. The molecule has 24 heavy (non-hydrogen) atoms. The van der Waals surface area contributed by atoms with Crippen LogP contribution in [-0.4, -0.2) is 26.0 Å². The lowest BCUT2D eigenvalue weighted by atomic mass is 10.1. The highest BCUT2D eigenvalue weighted by atomic mass is 32.2. The molecule has 8 heteroatoms. The van der Waals surface area contributed by atoms with Gasteiger partial charge in [0, 0.05) is 4.88 Å². The second kappa shape index (κ2) is 6.74. The zero-order valence-corrected chi connectivity index (χ0v) is 15.2. The normalized spacial score (nSPS) is 11.3. The summed E-state index contributed by atoms with van der Waals surface area (Å²) in [6.45, 7) is 5.08. The average molecular weight is 366 g/mol. The largest absolute Gasteiger partial charge is 0.365 e. The van der Waals surface area contributed by atoms with Crippen molar-refractivity contribution in [1.29, 1.82) is 0 Å². The summed E-state index contributed by atoms with van der Waals surface area (Å²) in [6.07, 6.45) is 0. The fourth-order valence-corrected chi connectivity index (χ4v) is 4.42. The van der Waals surface area contributed by atoms with E-state index >= 15 is 0 Å². The molecule has 1 aromatic heterocycles. The molecule has 2 amide bonds. The summed E-state index contributed by atoms with van der Waals surface area (Å²) < 4.78 is 24.3. The molecule has 0 unspecified atom stereocenters. The standard InChI is InChI=1S/C16H18N2O4S2/c1-4-24(21,22)12-8-6-5-7-11(12)15(20)18-16-13(14(17)19)9(2)10(3)23-16/h5-8H,4H2,1-3H3,(H2,17,19)(H,18,20). The Morgan fingerprint density at radius 3 is 2.42 bits per heavy atom. The number of amides is 2. The molecule has 128 valence electrons. The van der Waals surface area contributed by atoms with E-state index in [-0.39, 0.29) is 21.8 Å². The minimum absolute atomic E-state index is 0.0318. The molecule has 0 saturated heterocycles. The number of sulfone groups is 1. The Balaban J connectivity index is 2.47. The lowest BCUT2D eigenvalue weighted by Gasteiger charge is -2.10. The maximum atomic E-state index is 12.6. The van der Waals surface area contributed by atoms with Crippen LogP contribution >= 0.6 is 11.3 Å². The van der Waals surface area contributed by atoms with E-state index in [1.165, 1.54) is 30.4 Å². The van der Waals surface area contributed by atoms with Gasteiger partial charge in [-0.3, -0.25) is 9.59 Å². The molecule has 0 aliphatic rings. The Hall–Kier alpha value is -2.19. The van der Waals surface area contributed by atoms with Crippen LogP contribution in [0, 0.1) is 13.8 Å². The van der Waals surface area contributed by atoms with Gasteiger partial charge in [-0.15, -0.1) is 11.3 Å². The van der Waals surface area contributed by atoms with Gasteiger partial charge in [0.05, 0.1) is 21.8 Å². The molecule has 2 aromatic rings. The van der Waals surface area contributed by atoms with Crippen LogP contribution in [0.4, 0.5) is 5.00 Å². The number of anilines is 1. The fourth-order valence-electron chi connectivity index (χ4n) is 2.26. The highest BCUT2D eigenvalue weighted by Crippen LogP contribution is 2.32. The number of carbonyl (C=O) groups excluding carboxylic acids is 2. The molecule has 2 rings (SSSR count). The first-order valence-corrected chi connectivity index (χ1v) is 9.68. The Kier molecular flexibility index (Phi) is 5.10. The summed E-state index contributed by atoms with van der Waals surface area (Å²) in [5.41, 5.74) is 6.38. The maximum Gasteiger partial charge on any atom is 0.257 e. The maximum absolute atomic E-state index is 12.6. The summed E-state index contributed by atoms with van der Waals surface area (Å²) in [5, 5.41) is 2.95. The van der Waals surface area contributed by atoms with Crippen molar-refractivity contribution in [2.75, 3.05) is 11.1 Å². The number of thiophene rings is 1. The highest BCUT2D eigenvalue weighted by molar-refractivity contribution is 7.91. The lowest BCUT2D eigenvalue weighted by Crippen LogP contribution is -2.19. The van der Waals surface area contributed by atoms with Gasteiger partial charge < -0.3 is 11.1 Å². The monoisotopic (exact) mass is 366 g/mol. The van der Waals surface area contributed by atoms with Crippen LogP contribution in [0.1, 0.15) is 38.1 Å². The summed E-state index contributed by atoms with van der Waals surface area (Å²) in [7, 11) is -3.54. The van der Waals surface area contributed by atoms with Gasteiger partial charge in [-0.1, -0.05) is 19.1 Å². The minimum atomic E-state index is -3.54. The summed E-state index contributed by atoms with van der Waals surface area (Å²) in [5.74, 6) is -1.34. The van der Waals surface area contributed by atoms with Crippen molar-refractivity contribution < 1.29 is 18.0 Å². The van der Waals surface area contributed by atoms with Crippen molar-refractivity contribution in [1.82, 2.24) is 0 Å². The van der Waals surface area contributed by atoms with Gasteiger partial charge in [0.2, 0.25) is 0 Å². The molecule has 6 nitrogen and oxygen atoms in total. The quantitative estimate of drug-likeness (QED) is 0.848. The second-order valence-corrected chi connectivity index (χ2v) is 8.68. The van der Waals surface area contributed by atoms with Crippen LogP contribution in [-0.2, 0) is 9.84 Å². The van der Waals surface area contributed by atoms with Gasteiger partial charge in [-0.25, -0.2) is 8.42 Å². The van der Waals surface area contributed by atoms with Crippen LogP contribution in [0.25, 0.3) is 0 Å². The van der Waals surface area contributed by atoms with Gasteiger partial charge in [0.15, 0.2) is 9.84 Å². The summed E-state index contributed by atoms with van der Waals surface area (Å²) in [6, 6.07) is 5.99. The number of benzene rings is 1. The molecule has 3 N–H and O–H groups in total. The molecule has 0 aliphatic heterocycles. The van der Waals surface area contributed by atoms with Crippen LogP contribution in [0.3, 0.4) is 0 Å². The Morgan fingerprint density at radius 1 is 1.21 bits per heavy atom. The average Bonchev–Trinajstić information content (AvgIpc) is 2.81. The van der Waals surface area contributed by atoms with E-state index < -0.39 is 21.7 Å². The van der Waals surface area contributed by atoms with E-state index in [9.17, 15) is 18.0 Å². The van der Waals surface area contributed by atoms with Crippen molar-refractivity contribution >= 4 is 38.0 Å². The van der Waals surface area contributed by atoms with E-state index in [1.807, 2.05) is 6.92 Å².